The van der Waals surface area contributed by atoms with Crippen LogP contribution in [-0.2, 0) is 11.2 Å². The number of carboxylic acid groups (broad SMARTS) is 1. The Kier molecular flexibility index (Phi) is 2.19. The van der Waals surface area contributed by atoms with Gasteiger partial charge in [-0.3, -0.25) is 4.79 Å². The molecule has 4 nitrogen and oxygen atoms in total. The topological polar surface area (TPSA) is 63.1 Å². The highest BCUT2D eigenvalue weighted by Gasteiger charge is 2.44. The fourth-order valence-corrected chi connectivity index (χ4v) is 1.79. The van der Waals surface area contributed by atoms with E-state index in [9.17, 15) is 4.79 Å². The number of nitrogens with zero attached hydrogens (tertiary/aromatic N) is 2. The molecule has 0 atom stereocenters. The van der Waals surface area contributed by atoms with Crippen LogP contribution in [0.15, 0.2) is 18.5 Å². The number of carboxylic acids is 1. The first-order chi connectivity index (χ1) is 6.73. The second-order valence-electron chi connectivity index (χ2n) is 3.78. The van der Waals surface area contributed by atoms with Crippen molar-refractivity contribution in [1.82, 2.24) is 9.97 Å². The van der Waals surface area contributed by atoms with Crippen molar-refractivity contribution in [2.24, 2.45) is 5.41 Å². The van der Waals surface area contributed by atoms with Crippen molar-refractivity contribution in [3.05, 3.63) is 24.3 Å². The van der Waals surface area contributed by atoms with Gasteiger partial charge in [-0.1, -0.05) is 6.42 Å². The molecule has 4 heteroatoms. The first-order valence-corrected chi connectivity index (χ1v) is 4.72. The van der Waals surface area contributed by atoms with Crippen LogP contribution in [-0.4, -0.2) is 21.0 Å². The van der Waals surface area contributed by atoms with Crippen LogP contribution in [0.25, 0.3) is 0 Å². The molecule has 2 rings (SSSR count). The standard InChI is InChI=1S/C10H12N2O2/c13-9(14)10(3-1-4-10)7-8-11-5-2-6-12-8/h2,5-6H,1,3-4,7H2,(H,13,14). The minimum absolute atomic E-state index is 0.461. The van der Waals surface area contributed by atoms with Crippen molar-refractivity contribution in [2.75, 3.05) is 0 Å². The van der Waals surface area contributed by atoms with Gasteiger partial charge in [-0.25, -0.2) is 9.97 Å². The predicted molar refractivity (Wildman–Crippen MR) is 49.7 cm³/mol. The Balaban J connectivity index is 2.13. The highest BCUT2D eigenvalue weighted by atomic mass is 16.4. The number of aliphatic carboxylic acids is 1. The van der Waals surface area contributed by atoms with Crippen LogP contribution >= 0.6 is 0 Å². The highest BCUT2D eigenvalue weighted by Crippen LogP contribution is 2.43. The van der Waals surface area contributed by atoms with Gasteiger partial charge in [0.05, 0.1) is 5.41 Å². The number of carbonyl (C=O) groups is 1. The number of hydrogen-bond acceptors (Lipinski definition) is 3. The molecule has 1 saturated carbocycles. The second-order valence-corrected chi connectivity index (χ2v) is 3.78. The van der Waals surface area contributed by atoms with Crippen LogP contribution in [0.4, 0.5) is 0 Å². The molecule has 0 aromatic carbocycles. The van der Waals surface area contributed by atoms with E-state index in [1.54, 1.807) is 18.5 Å². The van der Waals surface area contributed by atoms with E-state index < -0.39 is 11.4 Å². The smallest absolute Gasteiger partial charge is 0.310 e. The lowest BCUT2D eigenvalue weighted by Crippen LogP contribution is -2.40. The average Bonchev–Trinajstić information content (AvgIpc) is 2.12. The maximum atomic E-state index is 11.1. The molecule has 0 amide bonds. The van der Waals surface area contributed by atoms with Crippen LogP contribution in [0.1, 0.15) is 25.1 Å². The summed E-state index contributed by atoms with van der Waals surface area (Å²) in [5, 5.41) is 9.09. The van der Waals surface area contributed by atoms with Crippen molar-refractivity contribution in [3.8, 4) is 0 Å². The van der Waals surface area contributed by atoms with Gasteiger partial charge < -0.3 is 5.11 Å². The van der Waals surface area contributed by atoms with E-state index in [0.717, 1.165) is 19.3 Å². The zero-order chi connectivity index (χ0) is 10.0. The lowest BCUT2D eigenvalue weighted by molar-refractivity contribution is -0.154. The van der Waals surface area contributed by atoms with Crippen molar-refractivity contribution >= 4 is 5.97 Å². The predicted octanol–water partition coefficient (Wildman–Crippen LogP) is 1.27. The van der Waals surface area contributed by atoms with E-state index in [-0.39, 0.29) is 0 Å². The van der Waals surface area contributed by atoms with E-state index in [4.69, 9.17) is 5.11 Å². The first-order valence-electron chi connectivity index (χ1n) is 4.72. The molecule has 0 saturated heterocycles. The Morgan fingerprint density at radius 1 is 1.43 bits per heavy atom. The molecule has 0 bridgehead atoms. The van der Waals surface area contributed by atoms with Crippen LogP contribution in [0, 0.1) is 5.41 Å². The summed E-state index contributed by atoms with van der Waals surface area (Å²) in [6, 6.07) is 1.73. The first kappa shape index (κ1) is 9.12. The minimum Gasteiger partial charge on any atom is -0.481 e. The van der Waals surface area contributed by atoms with Crippen LogP contribution in [0.2, 0.25) is 0 Å². The molecule has 0 aliphatic heterocycles. The summed E-state index contributed by atoms with van der Waals surface area (Å²) in [6.45, 7) is 0. The summed E-state index contributed by atoms with van der Waals surface area (Å²) < 4.78 is 0. The van der Waals surface area contributed by atoms with Gasteiger partial charge in [-0.2, -0.15) is 0 Å². The van der Waals surface area contributed by atoms with Gasteiger partial charge in [-0.15, -0.1) is 0 Å². The summed E-state index contributed by atoms with van der Waals surface area (Å²) >= 11 is 0. The van der Waals surface area contributed by atoms with E-state index in [2.05, 4.69) is 9.97 Å². The van der Waals surface area contributed by atoms with Gasteiger partial charge in [0.2, 0.25) is 0 Å². The Labute approximate surface area is 82.0 Å². The number of rotatable bonds is 3. The summed E-state index contributed by atoms with van der Waals surface area (Å²) in [5.41, 5.74) is -0.582. The van der Waals surface area contributed by atoms with Gasteiger partial charge in [0.15, 0.2) is 0 Å². The molecule has 0 spiro atoms. The molecular weight excluding hydrogens is 180 g/mol. The molecule has 1 aromatic rings. The van der Waals surface area contributed by atoms with Crippen molar-refractivity contribution < 1.29 is 9.90 Å². The minimum atomic E-state index is -0.712. The molecule has 1 aliphatic rings. The third-order valence-electron chi connectivity index (χ3n) is 2.88. The normalized spacial score (nSPS) is 18.6. The molecule has 1 fully saturated rings. The molecule has 14 heavy (non-hydrogen) atoms. The fourth-order valence-electron chi connectivity index (χ4n) is 1.79. The van der Waals surface area contributed by atoms with Gasteiger partial charge in [0.25, 0.3) is 0 Å². The van der Waals surface area contributed by atoms with Crippen molar-refractivity contribution in [3.63, 3.8) is 0 Å². The van der Waals surface area contributed by atoms with Crippen molar-refractivity contribution in [1.29, 1.82) is 0 Å². The molecule has 0 radical (unpaired) electrons. The largest absolute Gasteiger partial charge is 0.481 e. The van der Waals surface area contributed by atoms with E-state index in [1.165, 1.54) is 0 Å². The van der Waals surface area contributed by atoms with E-state index in [0.29, 0.717) is 12.2 Å². The monoisotopic (exact) mass is 192 g/mol. The van der Waals surface area contributed by atoms with Crippen LogP contribution < -0.4 is 0 Å². The fraction of sp³-hybridized carbons (Fsp3) is 0.500. The number of hydrogen-bond donors (Lipinski definition) is 1. The summed E-state index contributed by atoms with van der Waals surface area (Å²) in [4.78, 5) is 19.2. The molecule has 1 heterocycles. The molecule has 1 aromatic heterocycles. The summed E-state index contributed by atoms with van der Waals surface area (Å²) in [7, 11) is 0. The highest BCUT2D eigenvalue weighted by molar-refractivity contribution is 5.76. The third-order valence-corrected chi connectivity index (χ3v) is 2.88. The summed E-state index contributed by atoms with van der Waals surface area (Å²) in [6.07, 6.45) is 6.26. The molecule has 74 valence electrons. The second kappa shape index (κ2) is 3.36. The van der Waals surface area contributed by atoms with Crippen molar-refractivity contribution in [2.45, 2.75) is 25.7 Å². The van der Waals surface area contributed by atoms with Gasteiger partial charge in [-0.05, 0) is 18.9 Å². The Morgan fingerprint density at radius 3 is 2.50 bits per heavy atom. The van der Waals surface area contributed by atoms with E-state index in [1.807, 2.05) is 0 Å². The zero-order valence-electron chi connectivity index (χ0n) is 7.81. The van der Waals surface area contributed by atoms with Crippen LogP contribution in [0.5, 0.6) is 0 Å². The average molecular weight is 192 g/mol. The maximum Gasteiger partial charge on any atom is 0.310 e. The summed E-state index contributed by atoms with van der Waals surface area (Å²) in [5.74, 6) is -0.0780. The van der Waals surface area contributed by atoms with Crippen LogP contribution in [0.3, 0.4) is 0 Å². The third kappa shape index (κ3) is 1.47. The zero-order valence-corrected chi connectivity index (χ0v) is 7.81. The lowest BCUT2D eigenvalue weighted by atomic mass is 9.66. The number of aromatic nitrogens is 2. The molecular formula is C10H12N2O2. The van der Waals surface area contributed by atoms with E-state index >= 15 is 0 Å². The van der Waals surface area contributed by atoms with Gasteiger partial charge in [0, 0.05) is 18.8 Å². The molecule has 1 aliphatic carbocycles. The van der Waals surface area contributed by atoms with Gasteiger partial charge in [0.1, 0.15) is 5.82 Å². The Morgan fingerprint density at radius 2 is 2.07 bits per heavy atom. The molecule has 0 unspecified atom stereocenters. The maximum absolute atomic E-state index is 11.1. The SMILES string of the molecule is O=C(O)C1(Cc2ncccn2)CCC1. The lowest BCUT2D eigenvalue weighted by Gasteiger charge is -2.36. The van der Waals surface area contributed by atoms with Gasteiger partial charge >= 0.3 is 5.97 Å². The Bertz CT molecular complexity index is 333. The Hall–Kier alpha value is -1.45. The molecule has 1 N–H and O–H groups in total. The quantitative estimate of drug-likeness (QED) is 0.783.